The highest BCUT2D eigenvalue weighted by molar-refractivity contribution is 5.91. The summed E-state index contributed by atoms with van der Waals surface area (Å²) in [6.45, 7) is 7.66. The highest BCUT2D eigenvalue weighted by Gasteiger charge is 2.16. The van der Waals surface area contributed by atoms with Gasteiger partial charge in [-0.25, -0.2) is 4.79 Å². The van der Waals surface area contributed by atoms with Gasteiger partial charge in [-0.3, -0.25) is 9.59 Å². The normalized spacial score (nSPS) is 10.8. The Bertz CT molecular complexity index is 953. The molecule has 0 heterocycles. The number of anilines is 1. The van der Waals surface area contributed by atoms with Crippen LogP contribution in [0, 0.1) is 6.92 Å². The summed E-state index contributed by atoms with van der Waals surface area (Å²) < 4.78 is 10.8. The summed E-state index contributed by atoms with van der Waals surface area (Å²) in [5.74, 6) is 0.323. The molecule has 0 bridgehead atoms. The maximum atomic E-state index is 12.4. The first kappa shape index (κ1) is 25.7. The van der Waals surface area contributed by atoms with Crippen molar-refractivity contribution in [3.05, 3.63) is 59.7 Å². The number of amides is 3. The standard InChI is InChI=1S/C25H33N3O5/c1-18-10-5-8-13-21(18)32-15-9-14-22(29)28-20-12-7-6-11-19(20)16-26-23(30)17-27-24(31)33-25(2,3)4/h5-8,10-13H,9,14-17H2,1-4H3,(H,26,30)(H,27,31)(H,28,29). The minimum absolute atomic E-state index is 0.131. The number of ether oxygens (including phenoxy) is 2. The van der Waals surface area contributed by atoms with Gasteiger partial charge in [0, 0.05) is 18.7 Å². The van der Waals surface area contributed by atoms with E-state index in [1.165, 1.54) is 0 Å². The topological polar surface area (TPSA) is 106 Å². The van der Waals surface area contributed by atoms with Crippen molar-refractivity contribution in [3.63, 3.8) is 0 Å². The van der Waals surface area contributed by atoms with Gasteiger partial charge < -0.3 is 25.4 Å². The number of carbonyl (C=O) groups is 3. The zero-order chi connectivity index (χ0) is 24.3. The molecule has 0 unspecified atom stereocenters. The fourth-order valence-electron chi connectivity index (χ4n) is 2.87. The van der Waals surface area contributed by atoms with Gasteiger partial charge >= 0.3 is 6.09 Å². The summed E-state index contributed by atoms with van der Waals surface area (Å²) in [6.07, 6.45) is 0.235. The summed E-state index contributed by atoms with van der Waals surface area (Å²) in [4.78, 5) is 36.1. The molecule has 2 rings (SSSR count). The van der Waals surface area contributed by atoms with Gasteiger partial charge in [0.25, 0.3) is 0 Å². The molecule has 2 aromatic rings. The SMILES string of the molecule is Cc1ccccc1OCCCC(=O)Nc1ccccc1CNC(=O)CNC(=O)OC(C)(C)C. The quantitative estimate of drug-likeness (QED) is 0.471. The second-order valence-electron chi connectivity index (χ2n) is 8.56. The smallest absolute Gasteiger partial charge is 0.408 e. The Morgan fingerprint density at radius 3 is 2.33 bits per heavy atom. The molecule has 33 heavy (non-hydrogen) atoms. The maximum Gasteiger partial charge on any atom is 0.408 e. The van der Waals surface area contributed by atoms with Crippen molar-refractivity contribution in [3.8, 4) is 5.75 Å². The van der Waals surface area contributed by atoms with Gasteiger partial charge in [-0.15, -0.1) is 0 Å². The molecule has 0 aliphatic rings. The van der Waals surface area contributed by atoms with Crippen molar-refractivity contribution in [2.75, 3.05) is 18.5 Å². The van der Waals surface area contributed by atoms with Crippen LogP contribution in [0.3, 0.4) is 0 Å². The number of carbonyl (C=O) groups excluding carboxylic acids is 3. The second-order valence-corrected chi connectivity index (χ2v) is 8.56. The van der Waals surface area contributed by atoms with E-state index < -0.39 is 11.7 Å². The van der Waals surface area contributed by atoms with E-state index in [9.17, 15) is 14.4 Å². The first-order chi connectivity index (χ1) is 15.6. The molecule has 0 spiro atoms. The molecular formula is C25H33N3O5. The number of nitrogens with one attached hydrogen (secondary N) is 3. The van der Waals surface area contributed by atoms with E-state index in [0.29, 0.717) is 25.1 Å². The summed E-state index contributed by atoms with van der Waals surface area (Å²) in [5.41, 5.74) is 1.80. The Morgan fingerprint density at radius 1 is 0.909 bits per heavy atom. The molecule has 2 aromatic carbocycles. The average molecular weight is 456 g/mol. The highest BCUT2D eigenvalue weighted by Crippen LogP contribution is 2.17. The molecule has 0 saturated heterocycles. The Kier molecular flexibility index (Phi) is 9.72. The molecule has 0 aliphatic carbocycles. The van der Waals surface area contributed by atoms with Crippen molar-refractivity contribution >= 4 is 23.6 Å². The lowest BCUT2D eigenvalue weighted by molar-refractivity contribution is -0.120. The molecule has 0 saturated carbocycles. The van der Waals surface area contributed by atoms with Crippen molar-refractivity contribution in [2.24, 2.45) is 0 Å². The van der Waals surface area contributed by atoms with E-state index >= 15 is 0 Å². The second kappa shape index (κ2) is 12.5. The maximum absolute atomic E-state index is 12.4. The number of aryl methyl sites for hydroxylation is 1. The van der Waals surface area contributed by atoms with Crippen LogP contribution in [0.5, 0.6) is 5.75 Å². The van der Waals surface area contributed by atoms with E-state index in [4.69, 9.17) is 9.47 Å². The van der Waals surface area contributed by atoms with Gasteiger partial charge in [0.2, 0.25) is 11.8 Å². The summed E-state index contributed by atoms with van der Waals surface area (Å²) >= 11 is 0. The zero-order valence-corrected chi connectivity index (χ0v) is 19.7. The van der Waals surface area contributed by atoms with Crippen LogP contribution < -0.4 is 20.7 Å². The lowest BCUT2D eigenvalue weighted by Crippen LogP contribution is -2.39. The van der Waals surface area contributed by atoms with Crippen molar-refractivity contribution in [1.29, 1.82) is 0 Å². The van der Waals surface area contributed by atoms with Crippen LogP contribution in [-0.2, 0) is 20.9 Å². The van der Waals surface area contributed by atoms with E-state index in [1.807, 2.05) is 49.4 Å². The number of hydrogen-bond acceptors (Lipinski definition) is 5. The van der Waals surface area contributed by atoms with Crippen molar-refractivity contribution in [2.45, 2.75) is 52.7 Å². The van der Waals surface area contributed by atoms with Crippen LogP contribution >= 0.6 is 0 Å². The van der Waals surface area contributed by atoms with E-state index in [-0.39, 0.29) is 24.9 Å². The number of benzene rings is 2. The van der Waals surface area contributed by atoms with Crippen LogP contribution in [0.25, 0.3) is 0 Å². The first-order valence-corrected chi connectivity index (χ1v) is 10.9. The van der Waals surface area contributed by atoms with Crippen LogP contribution in [0.2, 0.25) is 0 Å². The average Bonchev–Trinajstić information content (AvgIpc) is 2.74. The van der Waals surface area contributed by atoms with Crippen LogP contribution in [-0.4, -0.2) is 36.7 Å². The van der Waals surface area contributed by atoms with E-state index in [0.717, 1.165) is 16.9 Å². The minimum atomic E-state index is -0.656. The largest absolute Gasteiger partial charge is 0.493 e. The predicted octanol–water partition coefficient (Wildman–Crippen LogP) is 3.93. The van der Waals surface area contributed by atoms with Crippen LogP contribution in [0.15, 0.2) is 48.5 Å². The molecule has 3 N–H and O–H groups in total. The molecule has 3 amide bonds. The van der Waals surface area contributed by atoms with Crippen LogP contribution in [0.4, 0.5) is 10.5 Å². The minimum Gasteiger partial charge on any atom is -0.493 e. The zero-order valence-electron chi connectivity index (χ0n) is 19.7. The summed E-state index contributed by atoms with van der Waals surface area (Å²) in [7, 11) is 0. The number of hydrogen-bond donors (Lipinski definition) is 3. The van der Waals surface area contributed by atoms with Crippen molar-refractivity contribution in [1.82, 2.24) is 10.6 Å². The first-order valence-electron chi connectivity index (χ1n) is 10.9. The third-order valence-corrected chi connectivity index (χ3v) is 4.46. The molecule has 0 atom stereocenters. The predicted molar refractivity (Wildman–Crippen MR) is 127 cm³/mol. The van der Waals surface area contributed by atoms with Gasteiger partial charge in [-0.2, -0.15) is 0 Å². The van der Waals surface area contributed by atoms with Crippen LogP contribution in [0.1, 0.15) is 44.7 Å². The van der Waals surface area contributed by atoms with Gasteiger partial charge in [0.05, 0.1) is 6.61 Å². The Balaban J connectivity index is 1.75. The third-order valence-electron chi connectivity index (χ3n) is 4.46. The molecule has 8 heteroatoms. The van der Waals surface area contributed by atoms with Gasteiger partial charge in [-0.1, -0.05) is 36.4 Å². The number of para-hydroxylation sites is 2. The van der Waals surface area contributed by atoms with E-state index in [2.05, 4.69) is 16.0 Å². The molecule has 8 nitrogen and oxygen atoms in total. The molecule has 0 aliphatic heterocycles. The Hall–Kier alpha value is -3.55. The third kappa shape index (κ3) is 10.1. The Labute approximate surface area is 195 Å². The Morgan fingerprint density at radius 2 is 1.61 bits per heavy atom. The molecule has 0 fully saturated rings. The van der Waals surface area contributed by atoms with Gasteiger partial charge in [0.15, 0.2) is 0 Å². The molecule has 178 valence electrons. The fourth-order valence-corrected chi connectivity index (χ4v) is 2.87. The van der Waals surface area contributed by atoms with Gasteiger partial charge in [-0.05, 0) is 57.4 Å². The summed E-state index contributed by atoms with van der Waals surface area (Å²) in [5, 5.41) is 8.02. The van der Waals surface area contributed by atoms with E-state index in [1.54, 1.807) is 26.8 Å². The lowest BCUT2D eigenvalue weighted by Gasteiger charge is -2.19. The number of rotatable bonds is 10. The molecule has 0 aromatic heterocycles. The van der Waals surface area contributed by atoms with Gasteiger partial charge in [0.1, 0.15) is 17.9 Å². The molecule has 0 radical (unpaired) electrons. The highest BCUT2D eigenvalue weighted by atomic mass is 16.6. The molecular weight excluding hydrogens is 422 g/mol. The fraction of sp³-hybridized carbons (Fsp3) is 0.400. The van der Waals surface area contributed by atoms with Crippen molar-refractivity contribution < 1.29 is 23.9 Å². The summed E-state index contributed by atoms with van der Waals surface area (Å²) in [6, 6.07) is 15.0. The lowest BCUT2D eigenvalue weighted by atomic mass is 10.1. The number of alkyl carbamates (subject to hydrolysis) is 1. The monoisotopic (exact) mass is 455 g/mol.